The summed E-state index contributed by atoms with van der Waals surface area (Å²) in [6, 6.07) is 7.93. The third-order valence-corrected chi connectivity index (χ3v) is 5.89. The standard InChI is InChI=1S/C21H34N2/c1-20(2,3)23-12-10-17-9-8-16(13-18(17)15-23)14-21(4,5)19-7-6-11-22-19/h8-9,13,19,22H,6-7,10-12,14-15H2,1-5H3. The number of rotatable bonds is 3. The Balaban J connectivity index is 1.75. The third-order valence-electron chi connectivity index (χ3n) is 5.89. The maximum absolute atomic E-state index is 3.70. The molecule has 2 aliphatic rings. The quantitative estimate of drug-likeness (QED) is 0.901. The zero-order valence-electron chi connectivity index (χ0n) is 15.7. The number of benzene rings is 1. The first-order valence-electron chi connectivity index (χ1n) is 9.35. The van der Waals surface area contributed by atoms with Crippen LogP contribution in [-0.4, -0.2) is 29.6 Å². The predicted molar refractivity (Wildman–Crippen MR) is 98.8 cm³/mol. The lowest BCUT2D eigenvalue weighted by Crippen LogP contribution is -2.44. The van der Waals surface area contributed by atoms with Crippen LogP contribution in [0, 0.1) is 5.41 Å². The number of nitrogens with zero attached hydrogens (tertiary/aromatic N) is 1. The zero-order chi connectivity index (χ0) is 16.7. The summed E-state index contributed by atoms with van der Waals surface area (Å²) in [5.41, 5.74) is 5.23. The summed E-state index contributed by atoms with van der Waals surface area (Å²) < 4.78 is 0. The maximum Gasteiger partial charge on any atom is 0.0241 e. The van der Waals surface area contributed by atoms with Gasteiger partial charge in [-0.2, -0.15) is 0 Å². The Morgan fingerprint density at radius 2 is 1.91 bits per heavy atom. The topological polar surface area (TPSA) is 15.3 Å². The second kappa shape index (κ2) is 6.22. The molecule has 2 heterocycles. The molecule has 1 atom stereocenters. The Morgan fingerprint density at radius 3 is 2.57 bits per heavy atom. The van der Waals surface area contributed by atoms with E-state index in [2.05, 4.69) is 63.0 Å². The van der Waals surface area contributed by atoms with Gasteiger partial charge in [-0.05, 0) is 75.1 Å². The zero-order valence-corrected chi connectivity index (χ0v) is 15.7. The van der Waals surface area contributed by atoms with E-state index in [-0.39, 0.29) is 5.54 Å². The van der Waals surface area contributed by atoms with E-state index in [0.29, 0.717) is 11.5 Å². The van der Waals surface area contributed by atoms with Crippen LogP contribution >= 0.6 is 0 Å². The van der Waals surface area contributed by atoms with Gasteiger partial charge >= 0.3 is 0 Å². The molecule has 0 radical (unpaired) electrons. The van der Waals surface area contributed by atoms with Gasteiger partial charge in [-0.3, -0.25) is 4.90 Å². The summed E-state index contributed by atoms with van der Waals surface area (Å²) >= 11 is 0. The van der Waals surface area contributed by atoms with Gasteiger partial charge in [-0.25, -0.2) is 0 Å². The van der Waals surface area contributed by atoms with Gasteiger partial charge in [0.2, 0.25) is 0 Å². The molecule has 128 valence electrons. The SMILES string of the molecule is CC(C)(Cc1ccc2c(c1)CN(C(C)(C)C)CC2)C1CCCN1. The number of hydrogen-bond donors (Lipinski definition) is 1. The van der Waals surface area contributed by atoms with Gasteiger partial charge in [0.15, 0.2) is 0 Å². The summed E-state index contributed by atoms with van der Waals surface area (Å²) in [7, 11) is 0. The van der Waals surface area contributed by atoms with E-state index in [0.717, 1.165) is 6.54 Å². The van der Waals surface area contributed by atoms with Crippen LogP contribution < -0.4 is 5.32 Å². The van der Waals surface area contributed by atoms with Crippen LogP contribution in [0.1, 0.15) is 64.2 Å². The lowest BCUT2D eigenvalue weighted by atomic mass is 9.77. The van der Waals surface area contributed by atoms with Gasteiger partial charge in [0.1, 0.15) is 0 Å². The van der Waals surface area contributed by atoms with Gasteiger partial charge < -0.3 is 5.32 Å². The number of fused-ring (bicyclic) bond motifs is 1. The van der Waals surface area contributed by atoms with E-state index >= 15 is 0 Å². The summed E-state index contributed by atoms with van der Waals surface area (Å²) in [6.07, 6.45) is 5.03. The summed E-state index contributed by atoms with van der Waals surface area (Å²) in [4.78, 5) is 2.61. The fourth-order valence-electron chi connectivity index (χ4n) is 4.29. The van der Waals surface area contributed by atoms with Gasteiger partial charge in [0.05, 0.1) is 0 Å². The van der Waals surface area contributed by atoms with Crippen molar-refractivity contribution in [2.75, 3.05) is 13.1 Å². The molecule has 2 aliphatic heterocycles. The Labute approximate surface area is 142 Å². The van der Waals surface area contributed by atoms with Crippen molar-refractivity contribution in [3.8, 4) is 0 Å². The van der Waals surface area contributed by atoms with Crippen molar-refractivity contribution in [1.29, 1.82) is 0 Å². The fourth-order valence-corrected chi connectivity index (χ4v) is 4.29. The lowest BCUT2D eigenvalue weighted by Gasteiger charge is -2.39. The summed E-state index contributed by atoms with van der Waals surface area (Å²) in [5.74, 6) is 0. The number of hydrogen-bond acceptors (Lipinski definition) is 2. The Bertz CT molecular complexity index is 547. The molecule has 0 bridgehead atoms. The molecule has 23 heavy (non-hydrogen) atoms. The van der Waals surface area contributed by atoms with Gasteiger partial charge in [-0.15, -0.1) is 0 Å². The molecule has 1 aromatic carbocycles. The van der Waals surface area contributed by atoms with Crippen molar-refractivity contribution >= 4 is 0 Å². The molecule has 1 aromatic rings. The Hall–Kier alpha value is -0.860. The van der Waals surface area contributed by atoms with Crippen LogP contribution in [0.25, 0.3) is 0 Å². The van der Waals surface area contributed by atoms with Crippen molar-refractivity contribution in [3.63, 3.8) is 0 Å². The molecule has 1 fully saturated rings. The second-order valence-electron chi connectivity index (χ2n) is 9.26. The van der Waals surface area contributed by atoms with Crippen LogP contribution in [0.3, 0.4) is 0 Å². The average molecular weight is 315 g/mol. The average Bonchev–Trinajstić information content (AvgIpc) is 3.00. The molecule has 2 nitrogen and oxygen atoms in total. The predicted octanol–water partition coefficient (Wildman–Crippen LogP) is 4.16. The van der Waals surface area contributed by atoms with E-state index in [1.807, 2.05) is 0 Å². The second-order valence-corrected chi connectivity index (χ2v) is 9.26. The van der Waals surface area contributed by atoms with Crippen LogP contribution in [0.2, 0.25) is 0 Å². The van der Waals surface area contributed by atoms with E-state index in [1.54, 1.807) is 11.1 Å². The van der Waals surface area contributed by atoms with Crippen molar-refractivity contribution < 1.29 is 0 Å². The fraction of sp³-hybridized carbons (Fsp3) is 0.714. The monoisotopic (exact) mass is 314 g/mol. The normalized spacial score (nSPS) is 23.1. The molecule has 1 saturated heterocycles. The first-order chi connectivity index (χ1) is 10.8. The highest BCUT2D eigenvalue weighted by Crippen LogP contribution is 2.33. The molecule has 2 heteroatoms. The maximum atomic E-state index is 3.70. The van der Waals surface area contributed by atoms with Crippen molar-refractivity contribution in [2.24, 2.45) is 5.41 Å². The van der Waals surface area contributed by atoms with Crippen LogP contribution in [0.15, 0.2) is 18.2 Å². The first kappa shape index (κ1) is 17.0. The summed E-state index contributed by atoms with van der Waals surface area (Å²) in [6.45, 7) is 15.3. The third kappa shape index (κ3) is 3.80. The summed E-state index contributed by atoms with van der Waals surface area (Å²) in [5, 5.41) is 3.70. The molecule has 0 spiro atoms. The molecule has 0 amide bonds. The molecule has 0 saturated carbocycles. The molecule has 0 aliphatic carbocycles. The van der Waals surface area contributed by atoms with E-state index in [9.17, 15) is 0 Å². The molecular weight excluding hydrogens is 280 g/mol. The van der Waals surface area contributed by atoms with Crippen molar-refractivity contribution in [1.82, 2.24) is 10.2 Å². The Morgan fingerprint density at radius 1 is 1.13 bits per heavy atom. The van der Waals surface area contributed by atoms with Crippen LogP contribution in [0.5, 0.6) is 0 Å². The highest BCUT2D eigenvalue weighted by atomic mass is 15.2. The highest BCUT2D eigenvalue weighted by Gasteiger charge is 2.32. The van der Waals surface area contributed by atoms with E-state index in [1.165, 1.54) is 44.3 Å². The minimum Gasteiger partial charge on any atom is -0.313 e. The lowest BCUT2D eigenvalue weighted by molar-refractivity contribution is 0.120. The van der Waals surface area contributed by atoms with Crippen LogP contribution in [-0.2, 0) is 19.4 Å². The smallest absolute Gasteiger partial charge is 0.0241 e. The minimum atomic E-state index is 0.265. The molecule has 0 aromatic heterocycles. The van der Waals surface area contributed by atoms with E-state index in [4.69, 9.17) is 0 Å². The largest absolute Gasteiger partial charge is 0.313 e. The highest BCUT2D eigenvalue weighted by molar-refractivity contribution is 5.34. The molecule has 3 rings (SSSR count). The van der Waals surface area contributed by atoms with Gasteiger partial charge in [-0.1, -0.05) is 32.0 Å². The molecule has 1 unspecified atom stereocenters. The van der Waals surface area contributed by atoms with Gasteiger partial charge in [0.25, 0.3) is 0 Å². The number of nitrogens with one attached hydrogen (secondary N) is 1. The van der Waals surface area contributed by atoms with Crippen molar-refractivity contribution in [3.05, 3.63) is 34.9 Å². The van der Waals surface area contributed by atoms with Crippen molar-refractivity contribution in [2.45, 2.75) is 78.4 Å². The Kier molecular flexibility index (Phi) is 4.59. The van der Waals surface area contributed by atoms with E-state index < -0.39 is 0 Å². The molecule has 1 N–H and O–H groups in total. The molecular formula is C21H34N2. The van der Waals surface area contributed by atoms with Gasteiger partial charge in [0, 0.05) is 24.7 Å². The van der Waals surface area contributed by atoms with Crippen LogP contribution in [0.4, 0.5) is 0 Å². The first-order valence-corrected chi connectivity index (χ1v) is 9.35. The minimum absolute atomic E-state index is 0.265.